The summed E-state index contributed by atoms with van der Waals surface area (Å²) in [5.74, 6) is -1.06. The second kappa shape index (κ2) is 8.28. The molecule has 0 spiro atoms. The maximum Gasteiger partial charge on any atom is 0.349 e. The van der Waals surface area contributed by atoms with E-state index in [2.05, 4.69) is 10.3 Å². The first-order valence-corrected chi connectivity index (χ1v) is 9.87. The van der Waals surface area contributed by atoms with Crippen LogP contribution in [0.3, 0.4) is 0 Å². The van der Waals surface area contributed by atoms with Gasteiger partial charge in [0.05, 0.1) is 10.6 Å². The highest BCUT2D eigenvalue weighted by Gasteiger charge is 2.22. The van der Waals surface area contributed by atoms with E-state index in [1.165, 1.54) is 41.7 Å². The Hall–Kier alpha value is -3.11. The number of nitro groups is 1. The minimum absolute atomic E-state index is 0.0412. The molecular weight excluding hydrogens is 402 g/mol. The Morgan fingerprint density at radius 3 is 2.75 bits per heavy atom. The summed E-state index contributed by atoms with van der Waals surface area (Å²) in [4.78, 5) is 39.5. The molecular formula is C18H15N3O5S2. The number of anilines is 1. The number of carbonyl (C=O) groups excluding carboxylic acids is 2. The van der Waals surface area contributed by atoms with E-state index in [9.17, 15) is 19.7 Å². The van der Waals surface area contributed by atoms with Crippen molar-refractivity contribution in [2.45, 2.75) is 20.0 Å². The largest absolute Gasteiger partial charge is 0.448 e. The summed E-state index contributed by atoms with van der Waals surface area (Å²) in [6.07, 6.45) is -1.00. The number of nitro benzene ring substituents is 1. The summed E-state index contributed by atoms with van der Waals surface area (Å²) in [5.41, 5.74) is 1.83. The lowest BCUT2D eigenvalue weighted by molar-refractivity contribution is -0.384. The molecule has 2 heterocycles. The number of hydrogen-bond donors (Lipinski definition) is 1. The third kappa shape index (κ3) is 4.41. The monoisotopic (exact) mass is 417 g/mol. The Balaban J connectivity index is 1.65. The topological polar surface area (TPSA) is 111 Å². The van der Waals surface area contributed by atoms with Crippen LogP contribution in [0.5, 0.6) is 0 Å². The van der Waals surface area contributed by atoms with Gasteiger partial charge in [0.15, 0.2) is 11.2 Å². The molecule has 3 aromatic rings. The number of nitrogens with one attached hydrogen (secondary N) is 1. The number of benzene rings is 1. The first-order valence-electron chi connectivity index (χ1n) is 8.11. The summed E-state index contributed by atoms with van der Waals surface area (Å²) < 4.78 is 5.20. The molecule has 0 bridgehead atoms. The molecule has 0 radical (unpaired) electrons. The van der Waals surface area contributed by atoms with Crippen LogP contribution in [0.4, 0.5) is 10.8 Å². The molecule has 0 aliphatic carbocycles. The van der Waals surface area contributed by atoms with E-state index in [0.717, 1.165) is 5.56 Å². The van der Waals surface area contributed by atoms with Gasteiger partial charge in [0.1, 0.15) is 4.88 Å². The molecule has 1 N–H and O–H groups in total. The standard InChI is InChI=1S/C18H15N3O5S2/c1-10-6-7-27-15(10)17(23)26-11(2)16(22)20-18-19-14(9-28-18)12-4-3-5-13(8-12)21(24)25/h3-9,11H,1-2H3,(H,19,20,22)/t11-/m1/s1. The van der Waals surface area contributed by atoms with Gasteiger partial charge in [0.25, 0.3) is 11.6 Å². The average molecular weight is 417 g/mol. The molecule has 0 unspecified atom stereocenters. The summed E-state index contributed by atoms with van der Waals surface area (Å²) >= 11 is 2.43. The molecule has 28 heavy (non-hydrogen) atoms. The Bertz CT molecular complexity index is 1040. The molecule has 1 atom stereocenters. The minimum Gasteiger partial charge on any atom is -0.448 e. The number of thiazole rings is 1. The normalized spacial score (nSPS) is 11.6. The number of amides is 1. The quantitative estimate of drug-likeness (QED) is 0.364. The van der Waals surface area contributed by atoms with Crippen molar-refractivity contribution in [1.82, 2.24) is 4.98 Å². The van der Waals surface area contributed by atoms with Gasteiger partial charge in [-0.05, 0) is 30.9 Å². The van der Waals surface area contributed by atoms with Crippen LogP contribution in [0.15, 0.2) is 41.1 Å². The van der Waals surface area contributed by atoms with Crippen molar-refractivity contribution >= 4 is 45.4 Å². The van der Waals surface area contributed by atoms with Crippen molar-refractivity contribution in [2.75, 3.05) is 5.32 Å². The Morgan fingerprint density at radius 2 is 2.07 bits per heavy atom. The first-order chi connectivity index (χ1) is 13.3. The molecule has 8 nitrogen and oxygen atoms in total. The van der Waals surface area contributed by atoms with E-state index in [1.54, 1.807) is 35.9 Å². The maximum atomic E-state index is 12.3. The van der Waals surface area contributed by atoms with Gasteiger partial charge < -0.3 is 4.74 Å². The van der Waals surface area contributed by atoms with E-state index >= 15 is 0 Å². The number of non-ortho nitro benzene ring substituents is 1. The predicted octanol–water partition coefficient (Wildman–Crippen LogP) is 4.27. The number of hydrogen-bond acceptors (Lipinski definition) is 8. The average Bonchev–Trinajstić information content (AvgIpc) is 3.30. The van der Waals surface area contributed by atoms with Gasteiger partial charge in [-0.25, -0.2) is 9.78 Å². The molecule has 1 aromatic carbocycles. The van der Waals surface area contributed by atoms with E-state index < -0.39 is 22.9 Å². The van der Waals surface area contributed by atoms with Crippen LogP contribution >= 0.6 is 22.7 Å². The molecule has 0 aliphatic rings. The van der Waals surface area contributed by atoms with Crippen molar-refractivity contribution in [2.24, 2.45) is 0 Å². The number of carbonyl (C=O) groups is 2. The fraction of sp³-hybridized carbons (Fsp3) is 0.167. The molecule has 0 saturated heterocycles. The number of rotatable bonds is 6. The maximum absolute atomic E-state index is 12.3. The summed E-state index contributed by atoms with van der Waals surface area (Å²) in [6.45, 7) is 3.27. The molecule has 3 rings (SSSR count). The summed E-state index contributed by atoms with van der Waals surface area (Å²) in [7, 11) is 0. The second-order valence-corrected chi connectivity index (χ2v) is 7.59. The highest BCUT2D eigenvalue weighted by molar-refractivity contribution is 7.14. The van der Waals surface area contributed by atoms with Gasteiger partial charge in [-0.3, -0.25) is 20.2 Å². The zero-order chi connectivity index (χ0) is 20.3. The lowest BCUT2D eigenvalue weighted by Gasteiger charge is -2.12. The Morgan fingerprint density at radius 1 is 1.29 bits per heavy atom. The van der Waals surface area contributed by atoms with Gasteiger partial charge in [-0.2, -0.15) is 0 Å². The fourth-order valence-electron chi connectivity index (χ4n) is 2.30. The van der Waals surface area contributed by atoms with E-state index in [1.807, 2.05) is 0 Å². The number of ether oxygens (including phenoxy) is 1. The number of thiophene rings is 1. The molecule has 0 fully saturated rings. The van der Waals surface area contributed by atoms with Crippen LogP contribution < -0.4 is 5.32 Å². The van der Waals surface area contributed by atoms with Gasteiger partial charge in [-0.1, -0.05) is 12.1 Å². The molecule has 0 saturated carbocycles. The van der Waals surface area contributed by atoms with Crippen LogP contribution in [0, 0.1) is 17.0 Å². The van der Waals surface area contributed by atoms with Gasteiger partial charge >= 0.3 is 5.97 Å². The number of esters is 1. The Labute approximate surface area is 168 Å². The summed E-state index contributed by atoms with van der Waals surface area (Å²) in [6, 6.07) is 7.87. The lowest BCUT2D eigenvalue weighted by Crippen LogP contribution is -2.29. The van der Waals surface area contributed by atoms with Gasteiger partial charge in [0.2, 0.25) is 0 Å². The predicted molar refractivity (Wildman–Crippen MR) is 107 cm³/mol. The van der Waals surface area contributed by atoms with E-state index in [-0.39, 0.29) is 5.69 Å². The molecule has 144 valence electrons. The number of aromatic nitrogens is 1. The van der Waals surface area contributed by atoms with Crippen molar-refractivity contribution in [3.05, 3.63) is 61.6 Å². The zero-order valence-electron chi connectivity index (χ0n) is 14.9. The van der Waals surface area contributed by atoms with Crippen LogP contribution in [0.1, 0.15) is 22.2 Å². The fourth-order valence-corrected chi connectivity index (χ4v) is 3.83. The summed E-state index contributed by atoms with van der Waals surface area (Å²) in [5, 5.41) is 17.3. The SMILES string of the molecule is Cc1ccsc1C(=O)O[C@H](C)C(=O)Nc1nc(-c2cccc([N+](=O)[O-])c2)cs1. The molecule has 10 heteroatoms. The molecule has 2 aromatic heterocycles. The highest BCUT2D eigenvalue weighted by atomic mass is 32.1. The smallest absolute Gasteiger partial charge is 0.349 e. The second-order valence-electron chi connectivity index (χ2n) is 5.81. The van der Waals surface area contributed by atoms with Crippen LogP contribution in [0.2, 0.25) is 0 Å². The van der Waals surface area contributed by atoms with Gasteiger partial charge in [0, 0.05) is 23.1 Å². The van der Waals surface area contributed by atoms with Crippen molar-refractivity contribution in [3.63, 3.8) is 0 Å². The molecule has 0 aliphatic heterocycles. The Kier molecular flexibility index (Phi) is 5.81. The van der Waals surface area contributed by atoms with Crippen LogP contribution in [-0.2, 0) is 9.53 Å². The molecule has 1 amide bonds. The van der Waals surface area contributed by atoms with Crippen molar-refractivity contribution in [3.8, 4) is 11.3 Å². The number of aryl methyl sites for hydroxylation is 1. The van der Waals surface area contributed by atoms with E-state index in [0.29, 0.717) is 21.3 Å². The van der Waals surface area contributed by atoms with Crippen molar-refractivity contribution in [1.29, 1.82) is 0 Å². The third-order valence-corrected chi connectivity index (χ3v) is 5.54. The third-order valence-electron chi connectivity index (χ3n) is 3.79. The highest BCUT2D eigenvalue weighted by Crippen LogP contribution is 2.27. The number of nitrogens with zero attached hydrogens (tertiary/aromatic N) is 2. The van der Waals surface area contributed by atoms with Crippen molar-refractivity contribution < 1.29 is 19.2 Å². The minimum atomic E-state index is -1.00. The van der Waals surface area contributed by atoms with Gasteiger partial charge in [-0.15, -0.1) is 22.7 Å². The lowest BCUT2D eigenvalue weighted by atomic mass is 10.1. The van der Waals surface area contributed by atoms with E-state index in [4.69, 9.17) is 4.74 Å². The van der Waals surface area contributed by atoms with Crippen LogP contribution in [0.25, 0.3) is 11.3 Å². The van der Waals surface area contributed by atoms with Crippen LogP contribution in [-0.4, -0.2) is 27.9 Å². The zero-order valence-corrected chi connectivity index (χ0v) is 16.5. The first kappa shape index (κ1) is 19.6.